The summed E-state index contributed by atoms with van der Waals surface area (Å²) < 4.78 is 0. The van der Waals surface area contributed by atoms with Gasteiger partial charge in [0.15, 0.2) is 0 Å². The minimum atomic E-state index is 0.874. The maximum atomic E-state index is 3.64. The van der Waals surface area contributed by atoms with E-state index < -0.39 is 0 Å². The molecule has 0 amide bonds. The van der Waals surface area contributed by atoms with Crippen LogP contribution in [0.15, 0.2) is 18.2 Å². The van der Waals surface area contributed by atoms with Gasteiger partial charge in [-0.1, -0.05) is 31.9 Å². The second-order valence-electron chi connectivity index (χ2n) is 5.77. The molecule has 0 heterocycles. The van der Waals surface area contributed by atoms with Gasteiger partial charge in [0.05, 0.1) is 0 Å². The Morgan fingerprint density at radius 1 is 1.24 bits per heavy atom. The highest BCUT2D eigenvalue weighted by Crippen LogP contribution is 2.29. The van der Waals surface area contributed by atoms with Gasteiger partial charge in [-0.25, -0.2) is 0 Å². The summed E-state index contributed by atoms with van der Waals surface area (Å²) in [7, 11) is 0. The summed E-state index contributed by atoms with van der Waals surface area (Å²) in [6, 6.07) is 6.53. The fourth-order valence-electron chi connectivity index (χ4n) is 2.94. The number of anilines is 1. The van der Waals surface area contributed by atoms with Gasteiger partial charge in [-0.2, -0.15) is 0 Å². The average Bonchev–Trinajstić information content (AvgIpc) is 2.31. The Balaban J connectivity index is 1.91. The first-order valence-electron chi connectivity index (χ1n) is 6.97. The van der Waals surface area contributed by atoms with Gasteiger partial charge in [0, 0.05) is 12.2 Å². The third-order valence-electron chi connectivity index (χ3n) is 4.23. The van der Waals surface area contributed by atoms with Crippen LogP contribution in [0.25, 0.3) is 0 Å². The molecule has 2 atom stereocenters. The monoisotopic (exact) mass is 231 g/mol. The molecule has 2 rings (SSSR count). The molecule has 0 bridgehead atoms. The van der Waals surface area contributed by atoms with Crippen molar-refractivity contribution >= 4 is 5.69 Å². The van der Waals surface area contributed by atoms with Crippen molar-refractivity contribution in [3.05, 3.63) is 29.3 Å². The Bertz CT molecular complexity index is 370. The third-order valence-corrected chi connectivity index (χ3v) is 4.23. The van der Waals surface area contributed by atoms with Gasteiger partial charge in [-0.3, -0.25) is 0 Å². The molecule has 0 aromatic heterocycles. The van der Waals surface area contributed by atoms with Crippen molar-refractivity contribution in [3.63, 3.8) is 0 Å². The SMILES string of the molecule is Cc1cccc(NCC2CCCC(C)C2)c1C. The fraction of sp³-hybridized carbons (Fsp3) is 0.625. The van der Waals surface area contributed by atoms with Crippen LogP contribution in [0, 0.1) is 25.7 Å². The van der Waals surface area contributed by atoms with E-state index in [2.05, 4.69) is 44.3 Å². The molecule has 1 nitrogen and oxygen atoms in total. The number of benzene rings is 1. The van der Waals surface area contributed by atoms with Crippen LogP contribution in [-0.2, 0) is 0 Å². The number of aryl methyl sites for hydroxylation is 1. The van der Waals surface area contributed by atoms with Gasteiger partial charge in [-0.15, -0.1) is 0 Å². The second kappa shape index (κ2) is 5.57. The lowest BCUT2D eigenvalue weighted by Crippen LogP contribution is -2.21. The van der Waals surface area contributed by atoms with E-state index in [0.29, 0.717) is 0 Å². The van der Waals surface area contributed by atoms with E-state index in [9.17, 15) is 0 Å². The van der Waals surface area contributed by atoms with Crippen LogP contribution in [0.1, 0.15) is 43.7 Å². The largest absolute Gasteiger partial charge is 0.385 e. The zero-order valence-electron chi connectivity index (χ0n) is 11.4. The molecule has 1 aromatic rings. The summed E-state index contributed by atoms with van der Waals surface area (Å²) in [6.45, 7) is 7.93. The summed E-state index contributed by atoms with van der Waals surface area (Å²) in [5, 5.41) is 3.64. The van der Waals surface area contributed by atoms with Crippen LogP contribution in [0.3, 0.4) is 0 Å². The van der Waals surface area contributed by atoms with E-state index in [4.69, 9.17) is 0 Å². The molecule has 1 aliphatic carbocycles. The van der Waals surface area contributed by atoms with E-state index >= 15 is 0 Å². The normalized spacial score (nSPS) is 24.6. The van der Waals surface area contributed by atoms with Crippen molar-refractivity contribution in [2.45, 2.75) is 46.5 Å². The number of nitrogens with one attached hydrogen (secondary N) is 1. The first-order chi connectivity index (χ1) is 8.16. The van der Waals surface area contributed by atoms with Crippen LogP contribution in [-0.4, -0.2) is 6.54 Å². The quantitative estimate of drug-likeness (QED) is 0.805. The van der Waals surface area contributed by atoms with E-state index in [1.54, 1.807) is 0 Å². The highest BCUT2D eigenvalue weighted by Gasteiger charge is 2.18. The van der Waals surface area contributed by atoms with Gasteiger partial charge in [0.25, 0.3) is 0 Å². The Kier molecular flexibility index (Phi) is 4.09. The lowest BCUT2D eigenvalue weighted by molar-refractivity contribution is 0.293. The first kappa shape index (κ1) is 12.5. The lowest BCUT2D eigenvalue weighted by atomic mass is 9.82. The van der Waals surface area contributed by atoms with Crippen LogP contribution >= 0.6 is 0 Å². The Labute approximate surface area is 106 Å². The van der Waals surface area contributed by atoms with Gasteiger partial charge in [0.2, 0.25) is 0 Å². The first-order valence-corrected chi connectivity index (χ1v) is 6.97. The molecule has 0 spiro atoms. The van der Waals surface area contributed by atoms with Crippen LogP contribution in [0.4, 0.5) is 5.69 Å². The Morgan fingerprint density at radius 3 is 2.82 bits per heavy atom. The minimum absolute atomic E-state index is 0.874. The van der Waals surface area contributed by atoms with Crippen molar-refractivity contribution in [1.29, 1.82) is 0 Å². The zero-order valence-corrected chi connectivity index (χ0v) is 11.4. The molecule has 1 saturated carbocycles. The molecule has 0 aliphatic heterocycles. The van der Waals surface area contributed by atoms with Crippen LogP contribution in [0.2, 0.25) is 0 Å². The molecular formula is C16H25N. The molecule has 1 aromatic carbocycles. The Hall–Kier alpha value is -0.980. The predicted molar refractivity (Wildman–Crippen MR) is 75.5 cm³/mol. The average molecular weight is 231 g/mol. The molecule has 1 heteroatoms. The van der Waals surface area contributed by atoms with Crippen molar-refractivity contribution in [2.24, 2.45) is 11.8 Å². The summed E-state index contributed by atoms with van der Waals surface area (Å²) in [4.78, 5) is 0. The summed E-state index contributed by atoms with van der Waals surface area (Å²) in [5.41, 5.74) is 4.10. The smallest absolute Gasteiger partial charge is 0.0372 e. The summed E-state index contributed by atoms with van der Waals surface area (Å²) in [5.74, 6) is 1.80. The maximum absolute atomic E-state index is 3.64. The number of hydrogen-bond acceptors (Lipinski definition) is 1. The molecule has 94 valence electrons. The van der Waals surface area contributed by atoms with E-state index in [0.717, 1.165) is 18.4 Å². The molecule has 0 saturated heterocycles. The highest BCUT2D eigenvalue weighted by atomic mass is 14.9. The zero-order chi connectivity index (χ0) is 12.3. The van der Waals surface area contributed by atoms with E-state index in [-0.39, 0.29) is 0 Å². The second-order valence-corrected chi connectivity index (χ2v) is 5.77. The van der Waals surface area contributed by atoms with Crippen LogP contribution in [0.5, 0.6) is 0 Å². The van der Waals surface area contributed by atoms with Crippen molar-refractivity contribution in [3.8, 4) is 0 Å². The van der Waals surface area contributed by atoms with Gasteiger partial charge in [-0.05, 0) is 55.7 Å². The standard InChI is InChI=1S/C16H25N/c1-12-6-4-8-15(10-12)11-17-16-9-5-7-13(2)14(16)3/h5,7,9,12,15,17H,4,6,8,10-11H2,1-3H3. The Morgan fingerprint density at radius 2 is 2.06 bits per heavy atom. The summed E-state index contributed by atoms with van der Waals surface area (Å²) >= 11 is 0. The molecule has 17 heavy (non-hydrogen) atoms. The molecule has 1 N–H and O–H groups in total. The van der Waals surface area contributed by atoms with Crippen molar-refractivity contribution in [2.75, 3.05) is 11.9 Å². The fourth-order valence-corrected chi connectivity index (χ4v) is 2.94. The molecule has 1 fully saturated rings. The van der Waals surface area contributed by atoms with Gasteiger partial charge < -0.3 is 5.32 Å². The maximum Gasteiger partial charge on any atom is 0.0372 e. The van der Waals surface area contributed by atoms with E-state index in [1.165, 1.54) is 42.5 Å². The van der Waals surface area contributed by atoms with E-state index in [1.807, 2.05) is 0 Å². The molecule has 1 aliphatic rings. The lowest BCUT2D eigenvalue weighted by Gasteiger charge is -2.27. The number of rotatable bonds is 3. The number of hydrogen-bond donors (Lipinski definition) is 1. The highest BCUT2D eigenvalue weighted by molar-refractivity contribution is 5.53. The predicted octanol–water partition coefficient (Wildman–Crippen LogP) is 4.54. The topological polar surface area (TPSA) is 12.0 Å². The minimum Gasteiger partial charge on any atom is -0.385 e. The third kappa shape index (κ3) is 3.24. The summed E-state index contributed by atoms with van der Waals surface area (Å²) in [6.07, 6.45) is 5.65. The molecule has 2 unspecified atom stereocenters. The molecular weight excluding hydrogens is 206 g/mol. The van der Waals surface area contributed by atoms with Crippen molar-refractivity contribution in [1.82, 2.24) is 0 Å². The molecule has 0 radical (unpaired) electrons. The van der Waals surface area contributed by atoms with Crippen LogP contribution < -0.4 is 5.32 Å². The van der Waals surface area contributed by atoms with Gasteiger partial charge >= 0.3 is 0 Å². The van der Waals surface area contributed by atoms with Crippen molar-refractivity contribution < 1.29 is 0 Å². The van der Waals surface area contributed by atoms with Gasteiger partial charge in [0.1, 0.15) is 0 Å².